The van der Waals surface area contributed by atoms with Gasteiger partial charge < -0.3 is 34.2 Å². The molecule has 6 atom stereocenters. The number of carbonyl (C=O) groups is 2. The van der Waals surface area contributed by atoms with Crippen molar-refractivity contribution < 1.29 is 38.9 Å². The minimum Gasteiger partial charge on any atom is -0.459 e. The number of allylic oxidation sites excluding steroid dienone is 1. The van der Waals surface area contributed by atoms with E-state index >= 15 is 0 Å². The maximum Gasteiger partial charge on any atom is 0.239 e. The summed E-state index contributed by atoms with van der Waals surface area (Å²) < 4.78 is 21.0. The van der Waals surface area contributed by atoms with Crippen molar-refractivity contribution in [2.75, 3.05) is 26.4 Å². The SMILES string of the molecule is C=CCO[C@@]12Oc3ccc(Oc4cccc(C=O)c4)cc3[C@H]3[C@H](CCCCO)[C@@H](CCCCO)C=C(C(=NOC(C)(C)C)C[C@@H]1N(CCC)C(=O)CCC1CCCC1)[C@H]32. The van der Waals surface area contributed by atoms with Gasteiger partial charge in [-0.2, -0.15) is 0 Å². The number of oxime groups is 1. The first kappa shape index (κ1) is 44.6. The highest BCUT2D eigenvalue weighted by molar-refractivity contribution is 6.03. The Bertz CT molecular complexity index is 1790. The Labute approximate surface area is 352 Å². The lowest BCUT2D eigenvalue weighted by Crippen LogP contribution is -2.70. The van der Waals surface area contributed by atoms with Crippen LogP contribution in [0.4, 0.5) is 0 Å². The molecular weight excluding hydrogens is 745 g/mol. The standard InChI is InChI=1S/C49H68N2O8/c1-6-25-51(45(55)24-21-34-15-8-9-16-34)44-32-42(50-59-48(3,4)5)40-30-36(18-10-12-26-52)39(20-11-13-27-53)46-41-31-38(57-37-19-14-17-35(29-37)33-54)22-23-43(41)58-49(44,47(40)46)56-28-7-2/h7,14,17,19,22-23,29-31,33-34,36,39,44,46-47,52-53H,2,6,8-13,15-16,18,20-21,24-28,32H2,1,3-5H3/t36-,39+,44-,46+,47+,49+/m0/s1. The molecule has 2 fully saturated rings. The van der Waals surface area contributed by atoms with Crippen molar-refractivity contribution in [1.82, 2.24) is 4.90 Å². The van der Waals surface area contributed by atoms with Gasteiger partial charge in [-0.25, -0.2) is 0 Å². The Morgan fingerprint density at radius 2 is 1.76 bits per heavy atom. The van der Waals surface area contributed by atoms with Crippen molar-refractivity contribution in [2.45, 2.75) is 141 Å². The van der Waals surface area contributed by atoms with E-state index in [2.05, 4.69) is 25.6 Å². The van der Waals surface area contributed by atoms with Gasteiger partial charge in [0, 0.05) is 49.6 Å². The van der Waals surface area contributed by atoms with E-state index in [9.17, 15) is 19.8 Å². The van der Waals surface area contributed by atoms with Crippen molar-refractivity contribution in [1.29, 1.82) is 0 Å². The van der Waals surface area contributed by atoms with Crippen LogP contribution in [0.3, 0.4) is 0 Å². The molecule has 0 radical (unpaired) electrons. The predicted octanol–water partition coefficient (Wildman–Crippen LogP) is 9.93. The van der Waals surface area contributed by atoms with Crippen molar-refractivity contribution >= 4 is 17.9 Å². The zero-order valence-corrected chi connectivity index (χ0v) is 35.9. The summed E-state index contributed by atoms with van der Waals surface area (Å²) in [4.78, 5) is 34.7. The van der Waals surface area contributed by atoms with E-state index in [-0.39, 0.29) is 49.4 Å². The van der Waals surface area contributed by atoms with Gasteiger partial charge in [-0.05, 0) is 113 Å². The first-order chi connectivity index (χ1) is 28.5. The van der Waals surface area contributed by atoms with E-state index in [1.807, 2.05) is 43.9 Å². The van der Waals surface area contributed by atoms with Crippen LogP contribution in [0, 0.1) is 23.7 Å². The molecule has 2 saturated carbocycles. The van der Waals surface area contributed by atoms with Crippen molar-refractivity contribution in [3.63, 3.8) is 0 Å². The van der Waals surface area contributed by atoms with Crippen LogP contribution in [0.1, 0.15) is 139 Å². The Morgan fingerprint density at radius 3 is 2.46 bits per heavy atom. The molecule has 2 aromatic rings. The highest BCUT2D eigenvalue weighted by Gasteiger charge is 2.65. The van der Waals surface area contributed by atoms with E-state index < -0.39 is 17.4 Å². The molecule has 0 spiro atoms. The molecule has 1 heterocycles. The summed E-state index contributed by atoms with van der Waals surface area (Å²) in [7, 11) is 0. The fourth-order valence-corrected chi connectivity index (χ4v) is 10.2. The Morgan fingerprint density at radius 1 is 1.02 bits per heavy atom. The lowest BCUT2D eigenvalue weighted by molar-refractivity contribution is -0.257. The van der Waals surface area contributed by atoms with Crippen LogP contribution < -0.4 is 9.47 Å². The highest BCUT2D eigenvalue weighted by atomic mass is 16.7. The van der Waals surface area contributed by atoms with Gasteiger partial charge in [-0.3, -0.25) is 9.59 Å². The van der Waals surface area contributed by atoms with Gasteiger partial charge in [0.2, 0.25) is 11.7 Å². The van der Waals surface area contributed by atoms with Gasteiger partial charge in [0.05, 0.1) is 18.2 Å². The topological polar surface area (TPSA) is 127 Å². The molecule has 0 unspecified atom stereocenters. The number of nitrogens with zero attached hydrogens (tertiary/aromatic N) is 2. The van der Waals surface area contributed by atoms with Gasteiger partial charge >= 0.3 is 0 Å². The number of amides is 1. The maximum absolute atomic E-state index is 14.7. The molecule has 322 valence electrons. The molecule has 10 nitrogen and oxygen atoms in total. The van der Waals surface area contributed by atoms with Gasteiger partial charge in [-0.1, -0.05) is 74.9 Å². The van der Waals surface area contributed by atoms with Crippen LogP contribution in [0.2, 0.25) is 0 Å². The van der Waals surface area contributed by atoms with Gasteiger partial charge in [0.15, 0.2) is 0 Å². The van der Waals surface area contributed by atoms with Crippen LogP contribution in [0.15, 0.2) is 71.9 Å². The number of carbonyl (C=O) groups excluding carboxylic acids is 2. The summed E-state index contributed by atoms with van der Waals surface area (Å²) in [5.74, 6) is 0.905. The number of hydrogen-bond donors (Lipinski definition) is 2. The molecule has 4 aliphatic rings. The predicted molar refractivity (Wildman–Crippen MR) is 231 cm³/mol. The second-order valence-electron chi connectivity index (χ2n) is 18.0. The third-order valence-corrected chi connectivity index (χ3v) is 12.7. The second-order valence-corrected chi connectivity index (χ2v) is 18.0. The number of aldehydes is 1. The summed E-state index contributed by atoms with van der Waals surface area (Å²) in [6.07, 6.45) is 17.0. The Hall–Kier alpha value is -3.99. The normalized spacial score (nSPS) is 25.7. The number of hydrogen-bond acceptors (Lipinski definition) is 9. The van der Waals surface area contributed by atoms with Gasteiger partial charge in [0.1, 0.15) is 35.2 Å². The number of aliphatic hydroxyl groups is 2. The number of benzene rings is 2. The zero-order chi connectivity index (χ0) is 42.0. The summed E-state index contributed by atoms with van der Waals surface area (Å²) in [6.45, 7) is 13.1. The van der Waals surface area contributed by atoms with Crippen LogP contribution in [0.25, 0.3) is 0 Å². The summed E-state index contributed by atoms with van der Waals surface area (Å²) >= 11 is 0. The third kappa shape index (κ3) is 10.5. The third-order valence-electron chi connectivity index (χ3n) is 12.7. The van der Waals surface area contributed by atoms with Crippen molar-refractivity contribution in [3.8, 4) is 17.2 Å². The largest absolute Gasteiger partial charge is 0.459 e. The molecule has 59 heavy (non-hydrogen) atoms. The van der Waals surface area contributed by atoms with E-state index in [0.29, 0.717) is 61.0 Å². The number of aliphatic hydroxyl groups excluding tert-OH is 2. The fourth-order valence-electron chi connectivity index (χ4n) is 10.2. The van der Waals surface area contributed by atoms with Crippen LogP contribution >= 0.6 is 0 Å². The number of rotatable bonds is 21. The van der Waals surface area contributed by atoms with E-state index in [0.717, 1.165) is 61.7 Å². The molecule has 0 aromatic heterocycles. The summed E-state index contributed by atoms with van der Waals surface area (Å²) in [5, 5.41) is 24.8. The quantitative estimate of drug-likeness (QED) is 0.0552. The summed E-state index contributed by atoms with van der Waals surface area (Å²) in [6, 6.07) is 12.5. The van der Waals surface area contributed by atoms with E-state index in [1.165, 1.54) is 25.7 Å². The van der Waals surface area contributed by atoms with E-state index in [1.54, 1.807) is 24.3 Å². The van der Waals surface area contributed by atoms with Gasteiger partial charge in [-0.15, -0.1) is 6.58 Å². The highest BCUT2D eigenvalue weighted by Crippen LogP contribution is 2.62. The van der Waals surface area contributed by atoms with E-state index in [4.69, 9.17) is 24.2 Å². The average Bonchev–Trinajstić information content (AvgIpc) is 3.75. The molecule has 2 aromatic carbocycles. The van der Waals surface area contributed by atoms with Crippen LogP contribution in [0.5, 0.6) is 17.2 Å². The Kier molecular flexibility index (Phi) is 15.5. The number of unbranched alkanes of at least 4 members (excludes halogenated alkanes) is 2. The summed E-state index contributed by atoms with van der Waals surface area (Å²) in [5.41, 5.74) is 2.76. The zero-order valence-electron chi connectivity index (χ0n) is 35.9. The number of ether oxygens (including phenoxy) is 3. The Balaban J connectivity index is 1.56. The first-order valence-corrected chi connectivity index (χ1v) is 22.3. The molecule has 10 heteroatoms. The molecule has 6 rings (SSSR count). The average molecular weight is 813 g/mol. The van der Waals surface area contributed by atoms with Crippen LogP contribution in [-0.4, -0.2) is 76.8 Å². The lowest BCUT2D eigenvalue weighted by Gasteiger charge is -2.60. The number of fused-ring (bicyclic) bond motifs is 2. The monoisotopic (exact) mass is 812 g/mol. The minimum absolute atomic E-state index is 0.0956. The van der Waals surface area contributed by atoms with Crippen molar-refractivity contribution in [3.05, 3.63) is 77.9 Å². The van der Waals surface area contributed by atoms with Gasteiger partial charge in [0.25, 0.3) is 0 Å². The lowest BCUT2D eigenvalue weighted by atomic mass is 9.55. The molecule has 1 aliphatic heterocycles. The molecule has 2 N–H and O–H groups in total. The van der Waals surface area contributed by atoms with Crippen LogP contribution in [-0.2, 0) is 14.4 Å². The molecule has 0 saturated heterocycles. The van der Waals surface area contributed by atoms with Crippen molar-refractivity contribution in [2.24, 2.45) is 28.8 Å². The second kappa shape index (κ2) is 20.5. The fraction of sp³-hybridized carbons (Fsp3) is 0.612. The minimum atomic E-state index is -1.29. The molecule has 0 bridgehead atoms. The first-order valence-electron chi connectivity index (χ1n) is 22.3. The molecule has 1 amide bonds. The maximum atomic E-state index is 14.7. The smallest absolute Gasteiger partial charge is 0.239 e. The molecule has 3 aliphatic carbocycles. The molecular formula is C49H68N2O8.